The van der Waals surface area contributed by atoms with Crippen molar-refractivity contribution in [1.29, 1.82) is 0 Å². The van der Waals surface area contributed by atoms with Gasteiger partial charge < -0.3 is 4.85 Å². The predicted octanol–water partition coefficient (Wildman–Crippen LogP) is 3.92. The normalized spacial score (nSPS) is 19.8. The van der Waals surface area contributed by atoms with E-state index in [1.165, 1.54) is 37.9 Å². The molecule has 1 aromatic carbocycles. The van der Waals surface area contributed by atoms with E-state index < -0.39 is 0 Å². The molecule has 0 radical (unpaired) electrons. The molecule has 0 atom stereocenters. The Morgan fingerprint density at radius 1 is 0.962 bits per heavy atom. The quantitative estimate of drug-likeness (QED) is 0.741. The molecule has 2 heterocycles. The van der Waals surface area contributed by atoms with Crippen molar-refractivity contribution in [3.05, 3.63) is 71.2 Å². The number of hydrogen-bond donors (Lipinski definition) is 0. The highest BCUT2D eigenvalue weighted by Crippen LogP contribution is 2.45. The molecule has 0 N–H and O–H groups in total. The number of rotatable bonds is 6. The van der Waals surface area contributed by atoms with Crippen molar-refractivity contribution in [1.82, 2.24) is 14.8 Å². The Morgan fingerprint density at radius 3 is 2.42 bits per heavy atom. The van der Waals surface area contributed by atoms with E-state index in [-0.39, 0.29) is 0 Å². The van der Waals surface area contributed by atoms with Crippen LogP contribution in [0.2, 0.25) is 0 Å². The third kappa shape index (κ3) is 3.95. The van der Waals surface area contributed by atoms with Gasteiger partial charge in [0.05, 0.1) is 0 Å². The molecule has 1 aliphatic carbocycles. The molecule has 0 amide bonds. The van der Waals surface area contributed by atoms with Crippen LogP contribution in [0.3, 0.4) is 0 Å². The highest BCUT2D eigenvalue weighted by molar-refractivity contribution is 5.36. The van der Waals surface area contributed by atoms with Gasteiger partial charge in [0.1, 0.15) is 5.69 Å². The van der Waals surface area contributed by atoms with Crippen LogP contribution in [0.1, 0.15) is 30.5 Å². The zero-order chi connectivity index (χ0) is 17.8. The lowest BCUT2D eigenvalue weighted by Crippen LogP contribution is -2.51. The largest absolute Gasteiger partial charge is 0.361 e. The fourth-order valence-corrected chi connectivity index (χ4v) is 4.12. The lowest BCUT2D eigenvalue weighted by Gasteiger charge is -2.40. The van der Waals surface area contributed by atoms with Gasteiger partial charge in [-0.2, -0.15) is 0 Å². The second kappa shape index (κ2) is 7.57. The van der Waals surface area contributed by atoms with Gasteiger partial charge in [-0.1, -0.05) is 43.0 Å². The average molecular weight is 346 g/mol. The first-order valence-corrected chi connectivity index (χ1v) is 9.62. The SMILES string of the molecule is [C-]#[N+]c1cccc(CCC2(N3CCN(Cc4ccccc4)CC3)CC2)n1. The van der Waals surface area contributed by atoms with Gasteiger partial charge in [-0.25, -0.2) is 0 Å². The van der Waals surface area contributed by atoms with Gasteiger partial charge in [-0.05, 0) is 37.0 Å². The van der Waals surface area contributed by atoms with E-state index in [2.05, 4.69) is 56.0 Å². The first kappa shape index (κ1) is 17.2. The second-order valence-electron chi connectivity index (χ2n) is 7.57. The van der Waals surface area contributed by atoms with Crippen molar-refractivity contribution in [2.45, 2.75) is 37.8 Å². The van der Waals surface area contributed by atoms with Crippen molar-refractivity contribution in [3.63, 3.8) is 0 Å². The van der Waals surface area contributed by atoms with Gasteiger partial charge in [-0.15, -0.1) is 4.98 Å². The lowest BCUT2D eigenvalue weighted by atomic mass is 10.0. The molecule has 1 saturated carbocycles. The molecule has 0 unspecified atom stereocenters. The van der Waals surface area contributed by atoms with Crippen LogP contribution in [-0.4, -0.2) is 46.5 Å². The summed E-state index contributed by atoms with van der Waals surface area (Å²) in [5.41, 5.74) is 2.87. The maximum atomic E-state index is 7.12. The fourth-order valence-electron chi connectivity index (χ4n) is 4.12. The van der Waals surface area contributed by atoms with E-state index in [4.69, 9.17) is 6.57 Å². The molecule has 2 aromatic rings. The molecular weight excluding hydrogens is 320 g/mol. The van der Waals surface area contributed by atoms with Gasteiger partial charge in [0, 0.05) is 44.7 Å². The number of nitrogens with zero attached hydrogens (tertiary/aromatic N) is 4. The smallest absolute Gasteiger partial charge is 0.269 e. The third-order valence-corrected chi connectivity index (χ3v) is 5.87. The standard InChI is InChI=1S/C22H26N4/c1-23-21-9-5-8-20(24-21)10-11-22(12-13-22)26-16-14-25(15-17-26)18-19-6-3-2-4-7-19/h2-9H,10-18H2. The van der Waals surface area contributed by atoms with Crippen LogP contribution < -0.4 is 0 Å². The molecule has 1 aliphatic heterocycles. The predicted molar refractivity (Wildman–Crippen MR) is 104 cm³/mol. The summed E-state index contributed by atoms with van der Waals surface area (Å²) >= 11 is 0. The molecule has 0 bridgehead atoms. The topological polar surface area (TPSA) is 23.7 Å². The number of pyridine rings is 1. The van der Waals surface area contributed by atoms with Crippen molar-refractivity contribution in [2.75, 3.05) is 26.2 Å². The minimum absolute atomic E-state index is 0.397. The molecule has 26 heavy (non-hydrogen) atoms. The van der Waals surface area contributed by atoms with Gasteiger partial charge in [0.15, 0.2) is 0 Å². The van der Waals surface area contributed by atoms with Crippen molar-refractivity contribution in [3.8, 4) is 0 Å². The fraction of sp³-hybridized carbons (Fsp3) is 0.455. The zero-order valence-electron chi connectivity index (χ0n) is 15.3. The minimum atomic E-state index is 0.397. The minimum Gasteiger partial charge on any atom is -0.361 e. The van der Waals surface area contributed by atoms with Crippen molar-refractivity contribution < 1.29 is 0 Å². The number of benzene rings is 1. The van der Waals surface area contributed by atoms with Gasteiger partial charge in [-0.3, -0.25) is 9.80 Å². The Morgan fingerprint density at radius 2 is 1.73 bits per heavy atom. The molecule has 2 aliphatic rings. The van der Waals surface area contributed by atoms with Crippen molar-refractivity contribution in [2.24, 2.45) is 0 Å². The van der Waals surface area contributed by atoms with E-state index in [0.717, 1.165) is 31.7 Å². The Bertz CT molecular complexity index is 768. The van der Waals surface area contributed by atoms with E-state index in [9.17, 15) is 0 Å². The highest BCUT2D eigenvalue weighted by Gasteiger charge is 2.47. The summed E-state index contributed by atoms with van der Waals surface area (Å²) in [6.45, 7) is 12.8. The van der Waals surface area contributed by atoms with Crippen molar-refractivity contribution >= 4 is 5.82 Å². The number of hydrogen-bond acceptors (Lipinski definition) is 3. The summed E-state index contributed by atoms with van der Waals surface area (Å²) < 4.78 is 0. The molecular formula is C22H26N4. The second-order valence-corrected chi connectivity index (χ2v) is 7.57. The summed E-state index contributed by atoms with van der Waals surface area (Å²) in [6, 6.07) is 16.6. The number of aryl methyl sites for hydroxylation is 1. The van der Waals surface area contributed by atoms with Gasteiger partial charge in [0.2, 0.25) is 0 Å². The monoisotopic (exact) mass is 346 g/mol. The molecule has 4 nitrogen and oxygen atoms in total. The first-order chi connectivity index (χ1) is 12.8. The summed E-state index contributed by atoms with van der Waals surface area (Å²) in [6.07, 6.45) is 4.77. The molecule has 0 spiro atoms. The van der Waals surface area contributed by atoms with Crippen LogP contribution in [0.5, 0.6) is 0 Å². The van der Waals surface area contributed by atoms with Crippen LogP contribution in [-0.2, 0) is 13.0 Å². The van der Waals surface area contributed by atoms with Crippen LogP contribution >= 0.6 is 0 Å². The molecule has 4 heteroatoms. The van der Waals surface area contributed by atoms with E-state index in [0.29, 0.717) is 11.4 Å². The average Bonchev–Trinajstić information content (AvgIpc) is 3.49. The van der Waals surface area contributed by atoms with Gasteiger partial charge in [0.25, 0.3) is 5.82 Å². The van der Waals surface area contributed by atoms with Crippen LogP contribution in [0, 0.1) is 6.57 Å². The molecule has 2 fully saturated rings. The Hall–Kier alpha value is -2.22. The summed E-state index contributed by atoms with van der Waals surface area (Å²) in [4.78, 5) is 13.2. The summed E-state index contributed by atoms with van der Waals surface area (Å²) in [5.74, 6) is 0.516. The summed E-state index contributed by atoms with van der Waals surface area (Å²) in [7, 11) is 0. The number of piperazine rings is 1. The lowest BCUT2D eigenvalue weighted by molar-refractivity contribution is 0.0767. The Kier molecular flexibility index (Phi) is 5.01. The van der Waals surface area contributed by atoms with Crippen LogP contribution in [0.25, 0.3) is 4.85 Å². The van der Waals surface area contributed by atoms with Gasteiger partial charge >= 0.3 is 0 Å². The maximum Gasteiger partial charge on any atom is 0.269 e. The Labute approximate surface area is 156 Å². The van der Waals surface area contributed by atoms with E-state index in [1.54, 1.807) is 6.07 Å². The molecule has 4 rings (SSSR count). The molecule has 1 aromatic heterocycles. The Balaban J connectivity index is 1.29. The molecule has 1 saturated heterocycles. The van der Waals surface area contributed by atoms with Crippen LogP contribution in [0.4, 0.5) is 5.82 Å². The maximum absolute atomic E-state index is 7.12. The van der Waals surface area contributed by atoms with Crippen LogP contribution in [0.15, 0.2) is 48.5 Å². The van der Waals surface area contributed by atoms with E-state index in [1.807, 2.05) is 6.07 Å². The first-order valence-electron chi connectivity index (χ1n) is 9.62. The zero-order valence-corrected chi connectivity index (χ0v) is 15.3. The third-order valence-electron chi connectivity index (χ3n) is 5.87. The number of aromatic nitrogens is 1. The molecule has 134 valence electrons. The summed E-state index contributed by atoms with van der Waals surface area (Å²) in [5, 5.41) is 0. The van der Waals surface area contributed by atoms with E-state index >= 15 is 0 Å². The highest BCUT2D eigenvalue weighted by atomic mass is 15.3.